The number of hydrogen-bond donors (Lipinski definition) is 1. The molecule has 0 aromatic carbocycles. The molecule has 0 rings (SSSR count). The van der Waals surface area contributed by atoms with Gasteiger partial charge in [0.2, 0.25) is 5.91 Å². The molecular formula is C27H53NO4S. The molecule has 0 bridgehead atoms. The van der Waals surface area contributed by atoms with E-state index in [2.05, 4.69) is 19.1 Å². The van der Waals surface area contributed by atoms with Crippen LogP contribution in [0, 0.1) is 0 Å². The van der Waals surface area contributed by atoms with Crippen LogP contribution in [0.4, 0.5) is 0 Å². The van der Waals surface area contributed by atoms with Crippen LogP contribution in [0.2, 0.25) is 0 Å². The largest absolute Gasteiger partial charge is 0.346 e. The van der Waals surface area contributed by atoms with Gasteiger partial charge in [-0.3, -0.25) is 9.35 Å². The van der Waals surface area contributed by atoms with Crippen molar-refractivity contribution >= 4 is 16.0 Å². The van der Waals surface area contributed by atoms with Gasteiger partial charge >= 0.3 is 0 Å². The molecule has 33 heavy (non-hydrogen) atoms. The molecule has 0 unspecified atom stereocenters. The van der Waals surface area contributed by atoms with Gasteiger partial charge in [0.1, 0.15) is 0 Å². The van der Waals surface area contributed by atoms with Crippen molar-refractivity contribution in [3.05, 3.63) is 12.2 Å². The lowest BCUT2D eigenvalue weighted by molar-refractivity contribution is -0.130. The van der Waals surface area contributed by atoms with Crippen LogP contribution in [-0.4, -0.2) is 43.1 Å². The average molecular weight is 488 g/mol. The Kier molecular flexibility index (Phi) is 22.3. The molecule has 1 N–H and O–H groups in total. The molecule has 0 heterocycles. The number of allylic oxidation sites excluding steroid dienone is 2. The minimum atomic E-state index is -3.89. The molecule has 0 aromatic rings. The molecule has 0 saturated carbocycles. The van der Waals surface area contributed by atoms with Crippen LogP contribution in [0.5, 0.6) is 0 Å². The van der Waals surface area contributed by atoms with Crippen LogP contribution in [-0.2, 0) is 14.9 Å². The highest BCUT2D eigenvalue weighted by Gasteiger charge is 2.09. The Bertz CT molecular complexity index is 575. The minimum Gasteiger partial charge on any atom is -0.346 e. The molecular weight excluding hydrogens is 434 g/mol. The maximum absolute atomic E-state index is 12.1. The number of nitrogens with zero attached hydrogens (tertiary/aromatic N) is 1. The molecule has 0 aliphatic carbocycles. The number of carbonyl (C=O) groups excluding carboxylic acids is 1. The second-order valence-corrected chi connectivity index (χ2v) is 11.1. The molecule has 6 heteroatoms. The Morgan fingerprint density at radius 3 is 1.64 bits per heavy atom. The Morgan fingerprint density at radius 1 is 0.697 bits per heavy atom. The van der Waals surface area contributed by atoms with E-state index in [0.29, 0.717) is 25.8 Å². The van der Waals surface area contributed by atoms with Crippen molar-refractivity contribution in [2.45, 2.75) is 135 Å². The van der Waals surface area contributed by atoms with Crippen LogP contribution < -0.4 is 0 Å². The van der Waals surface area contributed by atoms with E-state index in [1.807, 2.05) is 0 Å². The van der Waals surface area contributed by atoms with E-state index in [-0.39, 0.29) is 11.7 Å². The molecule has 0 spiro atoms. The van der Waals surface area contributed by atoms with Crippen molar-refractivity contribution in [2.24, 2.45) is 0 Å². The number of amides is 1. The van der Waals surface area contributed by atoms with Crippen molar-refractivity contribution in [3.63, 3.8) is 0 Å². The van der Waals surface area contributed by atoms with E-state index in [9.17, 15) is 13.2 Å². The number of hydrogen-bond acceptors (Lipinski definition) is 3. The highest BCUT2D eigenvalue weighted by Crippen LogP contribution is 2.12. The monoisotopic (exact) mass is 487 g/mol. The molecule has 0 aliphatic rings. The third-order valence-corrected chi connectivity index (χ3v) is 7.03. The molecule has 0 saturated heterocycles. The fourth-order valence-corrected chi connectivity index (χ4v) is 4.57. The van der Waals surface area contributed by atoms with Crippen LogP contribution in [0.3, 0.4) is 0 Å². The fraction of sp³-hybridized carbons (Fsp3) is 0.889. The zero-order valence-electron chi connectivity index (χ0n) is 21.7. The fourth-order valence-electron chi connectivity index (χ4n) is 4.00. The zero-order valence-corrected chi connectivity index (χ0v) is 22.6. The standard InChI is InChI=1S/C27H53NO4S/c1-3-4-5-6-7-8-9-10-11-12-13-14-15-16-17-18-19-20-21-24-27(29)28(2)25-22-23-26-33(30,31)32/h12-13H,3-11,14-26H2,1-2H3,(H,30,31,32)/b13-12+. The molecule has 196 valence electrons. The summed E-state index contributed by atoms with van der Waals surface area (Å²) in [5.41, 5.74) is 0. The summed E-state index contributed by atoms with van der Waals surface area (Å²) in [4.78, 5) is 13.7. The molecule has 0 radical (unpaired) electrons. The Hall–Kier alpha value is -0.880. The lowest BCUT2D eigenvalue weighted by atomic mass is 10.1. The Balaban J connectivity index is 3.35. The summed E-state index contributed by atoms with van der Waals surface area (Å²) < 4.78 is 30.1. The van der Waals surface area contributed by atoms with E-state index in [1.165, 1.54) is 96.3 Å². The van der Waals surface area contributed by atoms with Gasteiger partial charge in [-0.25, -0.2) is 0 Å². The summed E-state index contributed by atoms with van der Waals surface area (Å²) in [6, 6.07) is 0. The van der Waals surface area contributed by atoms with Crippen molar-refractivity contribution in [3.8, 4) is 0 Å². The van der Waals surface area contributed by atoms with Gasteiger partial charge in [0.05, 0.1) is 5.75 Å². The molecule has 0 aromatic heterocycles. The van der Waals surface area contributed by atoms with E-state index >= 15 is 0 Å². The highest BCUT2D eigenvalue weighted by molar-refractivity contribution is 7.85. The van der Waals surface area contributed by atoms with Gasteiger partial charge in [0, 0.05) is 20.0 Å². The minimum absolute atomic E-state index is 0.126. The van der Waals surface area contributed by atoms with Gasteiger partial charge in [-0.15, -0.1) is 0 Å². The predicted molar refractivity (Wildman–Crippen MR) is 141 cm³/mol. The van der Waals surface area contributed by atoms with E-state index in [0.717, 1.165) is 12.8 Å². The highest BCUT2D eigenvalue weighted by atomic mass is 32.2. The summed E-state index contributed by atoms with van der Waals surface area (Å²) in [7, 11) is -2.13. The van der Waals surface area contributed by atoms with Crippen LogP contribution in [0.25, 0.3) is 0 Å². The topological polar surface area (TPSA) is 74.7 Å². The molecule has 0 atom stereocenters. The Morgan fingerprint density at radius 2 is 1.15 bits per heavy atom. The summed E-state index contributed by atoms with van der Waals surface area (Å²) in [5.74, 6) is -0.106. The van der Waals surface area contributed by atoms with Crippen molar-refractivity contribution in [1.82, 2.24) is 4.90 Å². The third kappa shape index (κ3) is 25.6. The van der Waals surface area contributed by atoms with E-state index < -0.39 is 10.1 Å². The number of carbonyl (C=O) groups is 1. The van der Waals surface area contributed by atoms with Crippen molar-refractivity contribution in [2.75, 3.05) is 19.3 Å². The first-order valence-electron chi connectivity index (χ1n) is 13.7. The SMILES string of the molecule is CCCCCCCCCC/C=C/CCCCCCCCCC(=O)N(C)CCCCS(=O)(=O)O. The van der Waals surface area contributed by atoms with Crippen molar-refractivity contribution in [1.29, 1.82) is 0 Å². The second kappa shape index (κ2) is 22.9. The van der Waals surface area contributed by atoms with E-state index in [1.54, 1.807) is 11.9 Å². The first-order chi connectivity index (χ1) is 15.9. The third-order valence-electron chi connectivity index (χ3n) is 6.22. The number of unbranched alkanes of at least 4 members (excludes halogenated alkanes) is 16. The molecule has 0 aliphatic heterocycles. The van der Waals surface area contributed by atoms with Gasteiger partial charge in [0.25, 0.3) is 10.1 Å². The van der Waals surface area contributed by atoms with Crippen LogP contribution >= 0.6 is 0 Å². The van der Waals surface area contributed by atoms with Gasteiger partial charge in [-0.2, -0.15) is 8.42 Å². The van der Waals surface area contributed by atoms with Gasteiger partial charge in [0.15, 0.2) is 0 Å². The maximum atomic E-state index is 12.1. The quantitative estimate of drug-likeness (QED) is 0.0859. The van der Waals surface area contributed by atoms with Crippen LogP contribution in [0.1, 0.15) is 135 Å². The second-order valence-electron chi connectivity index (χ2n) is 9.56. The average Bonchev–Trinajstić information content (AvgIpc) is 2.77. The maximum Gasteiger partial charge on any atom is 0.264 e. The lowest BCUT2D eigenvalue weighted by Gasteiger charge is -2.16. The van der Waals surface area contributed by atoms with E-state index in [4.69, 9.17) is 4.55 Å². The first-order valence-corrected chi connectivity index (χ1v) is 15.3. The van der Waals surface area contributed by atoms with Gasteiger partial charge in [-0.05, 0) is 44.9 Å². The Labute approximate surface area is 205 Å². The molecule has 0 fully saturated rings. The van der Waals surface area contributed by atoms with Gasteiger partial charge in [-0.1, -0.05) is 96.1 Å². The number of rotatable bonds is 24. The predicted octanol–water partition coefficient (Wildman–Crippen LogP) is 7.71. The summed E-state index contributed by atoms with van der Waals surface area (Å²) >= 11 is 0. The summed E-state index contributed by atoms with van der Waals surface area (Å²) in [6.07, 6.45) is 28.2. The normalized spacial score (nSPS) is 12.0. The van der Waals surface area contributed by atoms with Crippen molar-refractivity contribution < 1.29 is 17.8 Å². The smallest absolute Gasteiger partial charge is 0.264 e. The summed E-state index contributed by atoms with van der Waals surface area (Å²) in [6.45, 7) is 2.81. The molecule has 5 nitrogen and oxygen atoms in total. The first kappa shape index (κ1) is 32.1. The lowest BCUT2D eigenvalue weighted by Crippen LogP contribution is -2.27. The zero-order chi connectivity index (χ0) is 24.6. The summed E-state index contributed by atoms with van der Waals surface area (Å²) in [5, 5.41) is 0. The van der Waals surface area contributed by atoms with Crippen LogP contribution in [0.15, 0.2) is 12.2 Å². The molecule has 1 amide bonds. The van der Waals surface area contributed by atoms with Gasteiger partial charge < -0.3 is 4.90 Å².